The van der Waals surface area contributed by atoms with Gasteiger partial charge in [0.25, 0.3) is 5.91 Å². The van der Waals surface area contributed by atoms with E-state index in [1.807, 2.05) is 54.6 Å². The van der Waals surface area contributed by atoms with E-state index >= 15 is 0 Å². The second kappa shape index (κ2) is 9.83. The monoisotopic (exact) mass is 434 g/mol. The van der Waals surface area contributed by atoms with E-state index in [9.17, 15) is 9.59 Å². The van der Waals surface area contributed by atoms with Gasteiger partial charge in [-0.3, -0.25) is 14.5 Å². The molecule has 1 fully saturated rings. The van der Waals surface area contributed by atoms with E-state index in [1.165, 1.54) is 0 Å². The number of carbonyl (C=O) groups excluding carboxylic acids is 2. The SMILES string of the molecule is CCc1ccc(N(C(=O)c2csnn2)[C@H](C(=O)NC2CCCC2)c2ccccc2)cc1. The van der Waals surface area contributed by atoms with E-state index in [0.29, 0.717) is 5.69 Å². The largest absolute Gasteiger partial charge is 0.351 e. The van der Waals surface area contributed by atoms with Crippen LogP contribution in [0.4, 0.5) is 5.69 Å². The van der Waals surface area contributed by atoms with Crippen LogP contribution in [0.1, 0.15) is 60.3 Å². The minimum absolute atomic E-state index is 0.152. The van der Waals surface area contributed by atoms with Crippen LogP contribution in [0, 0.1) is 0 Å². The number of benzene rings is 2. The van der Waals surface area contributed by atoms with Gasteiger partial charge in [-0.05, 0) is 54.1 Å². The number of nitrogens with zero attached hydrogens (tertiary/aromatic N) is 3. The maximum absolute atomic E-state index is 13.6. The standard InChI is InChI=1S/C24H26N4O2S/c1-2-17-12-14-20(15-13-17)28(24(30)21-16-31-27-26-21)22(18-8-4-3-5-9-18)23(29)25-19-10-6-7-11-19/h3-5,8-9,12-16,19,22H,2,6-7,10-11H2,1H3,(H,25,29)/t22-/m0/s1. The van der Waals surface area contributed by atoms with Gasteiger partial charge in [0.05, 0.1) is 0 Å². The summed E-state index contributed by atoms with van der Waals surface area (Å²) in [6.45, 7) is 2.08. The van der Waals surface area contributed by atoms with Crippen LogP contribution >= 0.6 is 11.5 Å². The van der Waals surface area contributed by atoms with E-state index in [4.69, 9.17) is 0 Å². The molecule has 3 aromatic rings. The third-order valence-corrected chi connectivity index (χ3v) is 6.25. The van der Waals surface area contributed by atoms with Crippen molar-refractivity contribution in [1.29, 1.82) is 0 Å². The Labute approximate surface area is 186 Å². The first-order valence-corrected chi connectivity index (χ1v) is 11.6. The van der Waals surface area contributed by atoms with Crippen LogP contribution in [0.25, 0.3) is 0 Å². The molecule has 1 aromatic heterocycles. The fraction of sp³-hybridized carbons (Fsp3) is 0.333. The third-order valence-electron chi connectivity index (χ3n) is 5.74. The summed E-state index contributed by atoms with van der Waals surface area (Å²) in [5, 5.41) is 8.78. The van der Waals surface area contributed by atoms with Crippen LogP contribution in [-0.2, 0) is 11.2 Å². The van der Waals surface area contributed by atoms with E-state index in [2.05, 4.69) is 21.8 Å². The third kappa shape index (κ3) is 4.82. The number of aromatic nitrogens is 2. The van der Waals surface area contributed by atoms with Gasteiger partial charge in [-0.15, -0.1) is 5.10 Å². The zero-order chi connectivity index (χ0) is 21.6. The summed E-state index contributed by atoms with van der Waals surface area (Å²) < 4.78 is 3.85. The van der Waals surface area contributed by atoms with E-state index in [1.54, 1.807) is 10.3 Å². The Morgan fingerprint density at radius 3 is 2.42 bits per heavy atom. The van der Waals surface area contributed by atoms with Crippen molar-refractivity contribution in [3.63, 3.8) is 0 Å². The van der Waals surface area contributed by atoms with Crippen LogP contribution in [0.15, 0.2) is 60.0 Å². The first-order chi connectivity index (χ1) is 15.2. The summed E-state index contributed by atoms with van der Waals surface area (Å²) in [5.74, 6) is -0.511. The molecule has 160 valence electrons. The maximum atomic E-state index is 13.6. The number of hydrogen-bond acceptors (Lipinski definition) is 5. The lowest BCUT2D eigenvalue weighted by molar-refractivity contribution is -0.123. The highest BCUT2D eigenvalue weighted by Gasteiger charge is 2.35. The number of aryl methyl sites for hydroxylation is 1. The topological polar surface area (TPSA) is 75.2 Å². The summed E-state index contributed by atoms with van der Waals surface area (Å²) >= 11 is 1.12. The maximum Gasteiger partial charge on any atom is 0.280 e. The van der Waals surface area contributed by atoms with Crippen molar-refractivity contribution in [2.24, 2.45) is 0 Å². The highest BCUT2D eigenvalue weighted by Crippen LogP contribution is 2.31. The average Bonchev–Trinajstić information content (AvgIpc) is 3.52. The summed E-state index contributed by atoms with van der Waals surface area (Å²) in [6.07, 6.45) is 5.08. The molecule has 0 radical (unpaired) electrons. The second-order valence-corrected chi connectivity index (χ2v) is 8.40. The molecule has 4 rings (SSSR count). The smallest absolute Gasteiger partial charge is 0.280 e. The molecule has 0 unspecified atom stereocenters. The first kappa shape index (κ1) is 21.2. The van der Waals surface area contributed by atoms with Crippen molar-refractivity contribution in [1.82, 2.24) is 14.9 Å². The lowest BCUT2D eigenvalue weighted by Crippen LogP contribution is -2.46. The number of anilines is 1. The summed E-state index contributed by atoms with van der Waals surface area (Å²) in [7, 11) is 0. The van der Waals surface area contributed by atoms with Crippen molar-refractivity contribution in [3.8, 4) is 0 Å². The van der Waals surface area contributed by atoms with E-state index in [0.717, 1.165) is 54.8 Å². The molecule has 1 aliphatic rings. The molecule has 1 atom stereocenters. The minimum atomic E-state index is -0.802. The number of nitrogens with one attached hydrogen (secondary N) is 1. The molecule has 0 saturated heterocycles. The van der Waals surface area contributed by atoms with Gasteiger partial charge in [0.2, 0.25) is 5.91 Å². The Hall–Kier alpha value is -3.06. The normalized spacial score (nSPS) is 14.9. The molecule has 6 nitrogen and oxygen atoms in total. The molecule has 1 aliphatic carbocycles. The quantitative estimate of drug-likeness (QED) is 0.592. The van der Waals surface area contributed by atoms with Gasteiger partial charge in [-0.2, -0.15) is 0 Å². The van der Waals surface area contributed by atoms with Gasteiger partial charge in [0.15, 0.2) is 5.69 Å². The highest BCUT2D eigenvalue weighted by atomic mass is 32.1. The second-order valence-electron chi connectivity index (χ2n) is 7.79. The molecule has 31 heavy (non-hydrogen) atoms. The molecule has 1 heterocycles. The molecule has 1 N–H and O–H groups in total. The Bertz CT molecular complexity index is 1000. The van der Waals surface area contributed by atoms with Crippen LogP contribution in [0.5, 0.6) is 0 Å². The summed E-state index contributed by atoms with van der Waals surface area (Å²) in [6, 6.07) is 16.6. The van der Waals surface area contributed by atoms with Crippen LogP contribution in [-0.4, -0.2) is 27.4 Å². The van der Waals surface area contributed by atoms with Crippen LogP contribution < -0.4 is 10.2 Å². The Morgan fingerprint density at radius 1 is 1.10 bits per heavy atom. The molecule has 0 bridgehead atoms. The predicted molar refractivity (Wildman–Crippen MR) is 122 cm³/mol. The molecule has 0 aliphatic heterocycles. The molecular formula is C24H26N4O2S. The molecule has 1 saturated carbocycles. The van der Waals surface area contributed by atoms with Crippen LogP contribution in [0.2, 0.25) is 0 Å². The Kier molecular flexibility index (Phi) is 6.72. The molecular weight excluding hydrogens is 408 g/mol. The van der Waals surface area contributed by atoms with E-state index in [-0.39, 0.29) is 23.6 Å². The zero-order valence-electron chi connectivity index (χ0n) is 17.5. The zero-order valence-corrected chi connectivity index (χ0v) is 18.3. The van der Waals surface area contributed by atoms with Crippen molar-refractivity contribution in [2.75, 3.05) is 4.90 Å². The number of rotatable bonds is 7. The minimum Gasteiger partial charge on any atom is -0.351 e. The first-order valence-electron chi connectivity index (χ1n) is 10.7. The van der Waals surface area contributed by atoms with Crippen molar-refractivity contribution in [3.05, 3.63) is 76.8 Å². The summed E-state index contributed by atoms with van der Waals surface area (Å²) in [5.41, 5.74) is 2.82. The van der Waals surface area contributed by atoms with Gasteiger partial charge in [-0.25, -0.2) is 0 Å². The van der Waals surface area contributed by atoms with Gasteiger partial charge in [0, 0.05) is 17.1 Å². The molecule has 2 aromatic carbocycles. The Morgan fingerprint density at radius 2 is 1.81 bits per heavy atom. The number of amides is 2. The lowest BCUT2D eigenvalue weighted by Gasteiger charge is -2.32. The fourth-order valence-electron chi connectivity index (χ4n) is 4.06. The fourth-order valence-corrected chi connectivity index (χ4v) is 4.49. The van der Waals surface area contributed by atoms with Gasteiger partial charge < -0.3 is 5.32 Å². The summed E-state index contributed by atoms with van der Waals surface area (Å²) in [4.78, 5) is 28.7. The van der Waals surface area contributed by atoms with Crippen molar-refractivity contribution >= 4 is 29.0 Å². The van der Waals surface area contributed by atoms with Gasteiger partial charge in [-0.1, -0.05) is 66.7 Å². The highest BCUT2D eigenvalue weighted by molar-refractivity contribution is 7.03. The number of carbonyl (C=O) groups is 2. The van der Waals surface area contributed by atoms with Crippen LogP contribution in [0.3, 0.4) is 0 Å². The number of hydrogen-bond donors (Lipinski definition) is 1. The van der Waals surface area contributed by atoms with Crippen molar-refractivity contribution in [2.45, 2.75) is 51.1 Å². The van der Waals surface area contributed by atoms with E-state index < -0.39 is 6.04 Å². The van der Waals surface area contributed by atoms with Crippen molar-refractivity contribution < 1.29 is 9.59 Å². The van der Waals surface area contributed by atoms with Gasteiger partial charge >= 0.3 is 0 Å². The molecule has 2 amide bonds. The molecule has 0 spiro atoms. The Balaban J connectivity index is 1.77. The lowest BCUT2D eigenvalue weighted by atomic mass is 10.0. The average molecular weight is 435 g/mol. The molecule has 7 heteroatoms. The predicted octanol–water partition coefficient (Wildman–Crippen LogP) is 4.55. The van der Waals surface area contributed by atoms with Gasteiger partial charge in [0.1, 0.15) is 6.04 Å².